The van der Waals surface area contributed by atoms with E-state index < -0.39 is 11.7 Å². The minimum Gasteiger partial charge on any atom is -0.372 e. The van der Waals surface area contributed by atoms with E-state index in [0.717, 1.165) is 6.07 Å². The van der Waals surface area contributed by atoms with Gasteiger partial charge in [-0.15, -0.1) is 0 Å². The van der Waals surface area contributed by atoms with Crippen LogP contribution in [0.3, 0.4) is 0 Å². The first-order chi connectivity index (χ1) is 9.65. The minimum absolute atomic E-state index is 0.0668. The fourth-order valence-corrected chi connectivity index (χ4v) is 1.50. The molecule has 0 aliphatic heterocycles. The molecule has 1 amide bonds. The zero-order chi connectivity index (χ0) is 14.5. The van der Waals surface area contributed by atoms with Crippen molar-refractivity contribution in [1.82, 2.24) is 9.97 Å². The van der Waals surface area contributed by atoms with Crippen LogP contribution in [0.2, 0.25) is 0 Å². The van der Waals surface area contributed by atoms with Gasteiger partial charge in [0, 0.05) is 7.05 Å². The molecule has 2 N–H and O–H groups in total. The maximum absolute atomic E-state index is 13.4. The average molecular weight is 271 g/mol. The number of aromatic nitrogens is 2. The number of rotatable bonds is 3. The Morgan fingerprint density at radius 3 is 2.75 bits per heavy atom. The van der Waals surface area contributed by atoms with Gasteiger partial charge in [0.1, 0.15) is 29.0 Å². The van der Waals surface area contributed by atoms with Gasteiger partial charge in [-0.1, -0.05) is 6.07 Å². The van der Waals surface area contributed by atoms with Crippen LogP contribution < -0.4 is 10.6 Å². The van der Waals surface area contributed by atoms with Crippen LogP contribution in [0.15, 0.2) is 30.6 Å². The number of hydrogen-bond acceptors (Lipinski definition) is 5. The number of hydrogen-bond donors (Lipinski definition) is 2. The molecule has 0 bridgehead atoms. The highest BCUT2D eigenvalue weighted by atomic mass is 19.1. The fraction of sp³-hybridized carbons (Fsp3) is 0.0769. The number of benzene rings is 1. The summed E-state index contributed by atoms with van der Waals surface area (Å²) < 4.78 is 13.4. The van der Waals surface area contributed by atoms with Crippen molar-refractivity contribution in [2.24, 2.45) is 0 Å². The predicted octanol–water partition coefficient (Wildman–Crippen LogP) is 1.78. The lowest BCUT2D eigenvalue weighted by Gasteiger charge is -2.07. The highest BCUT2D eigenvalue weighted by Gasteiger charge is 2.13. The molecule has 1 aromatic carbocycles. The van der Waals surface area contributed by atoms with Gasteiger partial charge in [0.05, 0.1) is 18.1 Å². The summed E-state index contributed by atoms with van der Waals surface area (Å²) in [6.07, 6.45) is 2.68. The number of amides is 1. The summed E-state index contributed by atoms with van der Waals surface area (Å²) in [6.45, 7) is 0. The van der Waals surface area contributed by atoms with Crippen molar-refractivity contribution in [3.05, 3.63) is 47.7 Å². The van der Waals surface area contributed by atoms with Crippen LogP contribution in [0.5, 0.6) is 0 Å². The molecule has 2 aromatic rings. The third-order valence-electron chi connectivity index (χ3n) is 2.51. The normalized spacial score (nSPS) is 9.65. The van der Waals surface area contributed by atoms with Gasteiger partial charge in [0.2, 0.25) is 0 Å². The quantitative estimate of drug-likeness (QED) is 0.888. The topological polar surface area (TPSA) is 90.7 Å². The van der Waals surface area contributed by atoms with Crippen molar-refractivity contribution in [1.29, 1.82) is 5.26 Å². The van der Waals surface area contributed by atoms with Crippen LogP contribution in [-0.2, 0) is 0 Å². The molecule has 1 aromatic heterocycles. The molecular formula is C13H10FN5O. The number of carbonyl (C=O) groups excluding carboxylic acids is 1. The van der Waals surface area contributed by atoms with Crippen LogP contribution in [0.25, 0.3) is 0 Å². The second-order valence-corrected chi connectivity index (χ2v) is 3.77. The number of halogens is 1. The molecular weight excluding hydrogens is 261 g/mol. The van der Waals surface area contributed by atoms with E-state index >= 15 is 0 Å². The number of nitrogens with one attached hydrogen (secondary N) is 2. The lowest BCUT2D eigenvalue weighted by molar-refractivity contribution is 0.102. The van der Waals surface area contributed by atoms with Crippen LogP contribution in [0.1, 0.15) is 16.1 Å². The summed E-state index contributed by atoms with van der Waals surface area (Å²) in [6, 6.07) is 5.70. The largest absolute Gasteiger partial charge is 0.372 e. The van der Waals surface area contributed by atoms with Crippen molar-refractivity contribution in [2.75, 3.05) is 17.7 Å². The summed E-state index contributed by atoms with van der Waals surface area (Å²) in [4.78, 5) is 19.8. The molecule has 0 aliphatic rings. The van der Waals surface area contributed by atoms with E-state index in [4.69, 9.17) is 5.26 Å². The van der Waals surface area contributed by atoms with E-state index in [1.54, 1.807) is 13.1 Å². The summed E-state index contributed by atoms with van der Waals surface area (Å²) in [5, 5.41) is 14.1. The highest BCUT2D eigenvalue weighted by molar-refractivity contribution is 6.03. The Hall–Kier alpha value is -3.01. The van der Waals surface area contributed by atoms with E-state index in [1.807, 2.05) is 0 Å². The second-order valence-electron chi connectivity index (χ2n) is 3.77. The molecule has 7 heteroatoms. The minimum atomic E-state index is -0.693. The molecule has 0 saturated carbocycles. The number of carbonyl (C=O) groups is 1. The van der Waals surface area contributed by atoms with Gasteiger partial charge in [-0.2, -0.15) is 5.26 Å². The SMILES string of the molecule is CNc1cnc(C(=O)Nc2cccc(F)c2C#N)cn1. The van der Waals surface area contributed by atoms with E-state index in [-0.39, 0.29) is 16.9 Å². The number of nitrogens with zero attached hydrogens (tertiary/aromatic N) is 3. The summed E-state index contributed by atoms with van der Waals surface area (Å²) in [5.41, 5.74) is -0.0604. The number of nitriles is 1. The molecule has 0 atom stereocenters. The Bertz CT molecular complexity index is 678. The summed E-state index contributed by atoms with van der Waals surface area (Å²) >= 11 is 0. The first kappa shape index (κ1) is 13.4. The smallest absolute Gasteiger partial charge is 0.275 e. The van der Waals surface area contributed by atoms with Crippen LogP contribution in [0.4, 0.5) is 15.9 Å². The maximum Gasteiger partial charge on any atom is 0.275 e. The van der Waals surface area contributed by atoms with E-state index in [2.05, 4.69) is 20.6 Å². The van der Waals surface area contributed by atoms with Crippen molar-refractivity contribution in [2.45, 2.75) is 0 Å². The van der Waals surface area contributed by atoms with Gasteiger partial charge in [0.15, 0.2) is 0 Å². The Kier molecular flexibility index (Phi) is 3.86. The van der Waals surface area contributed by atoms with Crippen molar-refractivity contribution < 1.29 is 9.18 Å². The van der Waals surface area contributed by atoms with Crippen LogP contribution in [0, 0.1) is 17.1 Å². The summed E-state index contributed by atoms with van der Waals surface area (Å²) in [5.74, 6) is -0.741. The van der Waals surface area contributed by atoms with Gasteiger partial charge >= 0.3 is 0 Å². The molecule has 1 heterocycles. The molecule has 20 heavy (non-hydrogen) atoms. The average Bonchev–Trinajstić information content (AvgIpc) is 2.47. The molecule has 0 radical (unpaired) electrons. The van der Waals surface area contributed by atoms with Gasteiger partial charge < -0.3 is 10.6 Å². The van der Waals surface area contributed by atoms with Crippen molar-refractivity contribution >= 4 is 17.4 Å². The molecule has 0 fully saturated rings. The predicted molar refractivity (Wildman–Crippen MR) is 70.6 cm³/mol. The third kappa shape index (κ3) is 2.70. The first-order valence-electron chi connectivity index (χ1n) is 5.65. The number of anilines is 2. The third-order valence-corrected chi connectivity index (χ3v) is 2.51. The van der Waals surface area contributed by atoms with Crippen LogP contribution in [-0.4, -0.2) is 22.9 Å². The molecule has 0 aliphatic carbocycles. The molecule has 6 nitrogen and oxygen atoms in total. The fourth-order valence-electron chi connectivity index (χ4n) is 1.50. The lowest BCUT2D eigenvalue weighted by Crippen LogP contribution is -2.15. The molecule has 0 unspecified atom stereocenters. The van der Waals surface area contributed by atoms with Gasteiger partial charge in [0.25, 0.3) is 5.91 Å². The van der Waals surface area contributed by atoms with Crippen LogP contribution >= 0.6 is 0 Å². The van der Waals surface area contributed by atoms with E-state index in [0.29, 0.717) is 5.82 Å². The Morgan fingerprint density at radius 1 is 1.35 bits per heavy atom. The van der Waals surface area contributed by atoms with Crippen molar-refractivity contribution in [3.8, 4) is 6.07 Å². The zero-order valence-corrected chi connectivity index (χ0v) is 10.5. The lowest BCUT2D eigenvalue weighted by atomic mass is 10.2. The monoisotopic (exact) mass is 271 g/mol. The van der Waals surface area contributed by atoms with E-state index in [9.17, 15) is 9.18 Å². The Morgan fingerprint density at radius 2 is 2.15 bits per heavy atom. The molecule has 0 spiro atoms. The maximum atomic E-state index is 13.4. The molecule has 100 valence electrons. The van der Waals surface area contributed by atoms with Crippen molar-refractivity contribution in [3.63, 3.8) is 0 Å². The standard InChI is InChI=1S/C13H10FN5O/c1-16-12-7-17-11(6-18-12)13(20)19-10-4-2-3-9(14)8(10)5-15/h2-4,6-7H,1H3,(H,16,18)(H,19,20). The van der Waals surface area contributed by atoms with Gasteiger partial charge in [-0.25, -0.2) is 14.4 Å². The second kappa shape index (κ2) is 5.75. The Labute approximate surface area is 114 Å². The van der Waals surface area contributed by atoms with E-state index in [1.165, 1.54) is 24.5 Å². The highest BCUT2D eigenvalue weighted by Crippen LogP contribution is 2.18. The van der Waals surface area contributed by atoms with Gasteiger partial charge in [-0.3, -0.25) is 4.79 Å². The summed E-state index contributed by atoms with van der Waals surface area (Å²) in [7, 11) is 1.68. The molecule has 0 saturated heterocycles. The van der Waals surface area contributed by atoms with Gasteiger partial charge in [-0.05, 0) is 12.1 Å². The Balaban J connectivity index is 2.23. The first-order valence-corrected chi connectivity index (χ1v) is 5.65. The molecule has 2 rings (SSSR count). The zero-order valence-electron chi connectivity index (χ0n) is 10.5.